The van der Waals surface area contributed by atoms with Gasteiger partial charge in [0.2, 0.25) is 0 Å². The number of aryl methyl sites for hydroxylation is 1. The van der Waals surface area contributed by atoms with Gasteiger partial charge in [0.1, 0.15) is 0 Å². The Bertz CT molecular complexity index is 692. The Labute approximate surface area is 128 Å². The zero-order chi connectivity index (χ0) is 15.5. The van der Waals surface area contributed by atoms with Gasteiger partial charge in [-0.25, -0.2) is 9.97 Å². The zero-order valence-electron chi connectivity index (χ0n) is 12.2. The van der Waals surface area contributed by atoms with Crippen molar-refractivity contribution in [2.24, 2.45) is 7.05 Å². The van der Waals surface area contributed by atoms with Crippen molar-refractivity contribution in [1.29, 1.82) is 0 Å². The van der Waals surface area contributed by atoms with E-state index in [1.807, 2.05) is 12.3 Å². The maximum atomic E-state index is 12.1. The summed E-state index contributed by atoms with van der Waals surface area (Å²) in [5.41, 5.74) is 0.826. The highest BCUT2D eigenvalue weighted by Gasteiger charge is 2.19. The number of rotatable bonds is 7. The number of imidazole rings is 1. The Balaban J connectivity index is 2.08. The lowest BCUT2D eigenvalue weighted by Gasteiger charge is -2.09. The zero-order valence-corrected chi connectivity index (χ0v) is 13.8. The molecule has 0 saturated carbocycles. The number of sulfonamides is 1. The smallest absolute Gasteiger partial charge is 0.282 e. The molecule has 0 bridgehead atoms. The molecule has 2 N–H and O–H groups in total. The van der Waals surface area contributed by atoms with Gasteiger partial charge in [-0.15, -0.1) is 11.3 Å². The number of nitrogens with one attached hydrogen (secondary N) is 2. The van der Waals surface area contributed by atoms with E-state index >= 15 is 0 Å². The molecule has 116 valence electrons. The predicted octanol–water partition coefficient (Wildman–Crippen LogP) is 1.74. The molecule has 7 nitrogen and oxygen atoms in total. The van der Waals surface area contributed by atoms with Crippen LogP contribution < -0.4 is 10.0 Å². The van der Waals surface area contributed by atoms with Gasteiger partial charge in [-0.3, -0.25) is 4.72 Å². The van der Waals surface area contributed by atoms with Crippen LogP contribution in [0.1, 0.15) is 32.0 Å². The van der Waals surface area contributed by atoms with Crippen molar-refractivity contribution in [2.75, 3.05) is 11.3 Å². The molecule has 2 heterocycles. The fourth-order valence-corrected chi connectivity index (χ4v) is 3.73. The fraction of sp³-hybridized carbons (Fsp3) is 0.500. The summed E-state index contributed by atoms with van der Waals surface area (Å²) < 4.78 is 28.3. The van der Waals surface area contributed by atoms with Crippen molar-refractivity contribution in [3.63, 3.8) is 0 Å². The number of nitrogens with zero attached hydrogens (tertiary/aromatic N) is 3. The maximum absolute atomic E-state index is 12.1. The van der Waals surface area contributed by atoms with E-state index in [0.717, 1.165) is 18.7 Å². The first-order valence-electron chi connectivity index (χ1n) is 6.62. The van der Waals surface area contributed by atoms with Gasteiger partial charge in [0, 0.05) is 24.7 Å². The predicted molar refractivity (Wildman–Crippen MR) is 82.8 cm³/mol. The second-order valence-corrected chi connectivity index (χ2v) is 7.22. The standard InChI is InChI=1S/C12H19N5O2S2/c1-4-5-13-9(2)10-7-20-12(15-10)16-21(18,19)11-6-17(3)8-14-11/h6-9,13H,4-5H2,1-3H3,(H,15,16). The summed E-state index contributed by atoms with van der Waals surface area (Å²) in [6, 6.07) is 0.0919. The van der Waals surface area contributed by atoms with Crippen LogP contribution in [0.5, 0.6) is 0 Å². The molecule has 0 fully saturated rings. The fourth-order valence-electron chi connectivity index (χ4n) is 1.69. The summed E-state index contributed by atoms with van der Waals surface area (Å²) in [6.07, 6.45) is 3.93. The normalized spacial score (nSPS) is 13.3. The average Bonchev–Trinajstić information content (AvgIpc) is 3.05. The van der Waals surface area contributed by atoms with Crippen molar-refractivity contribution in [3.05, 3.63) is 23.6 Å². The third-order valence-corrected chi connectivity index (χ3v) is 4.97. The van der Waals surface area contributed by atoms with Crippen LogP contribution >= 0.6 is 11.3 Å². The molecule has 0 aliphatic carbocycles. The van der Waals surface area contributed by atoms with Crippen LogP contribution in [0.2, 0.25) is 0 Å². The highest BCUT2D eigenvalue weighted by molar-refractivity contribution is 7.92. The summed E-state index contributed by atoms with van der Waals surface area (Å²) in [5, 5.41) is 5.49. The molecule has 2 rings (SSSR count). The molecule has 0 amide bonds. The third-order valence-electron chi connectivity index (χ3n) is 2.84. The van der Waals surface area contributed by atoms with E-state index in [0.29, 0.717) is 5.13 Å². The Morgan fingerprint density at radius 2 is 2.24 bits per heavy atom. The molecule has 0 aliphatic rings. The van der Waals surface area contributed by atoms with Crippen LogP contribution in [-0.2, 0) is 17.1 Å². The lowest BCUT2D eigenvalue weighted by atomic mass is 10.2. The molecule has 21 heavy (non-hydrogen) atoms. The maximum Gasteiger partial charge on any atom is 0.282 e. The van der Waals surface area contributed by atoms with E-state index in [9.17, 15) is 8.42 Å². The third kappa shape index (κ3) is 4.02. The van der Waals surface area contributed by atoms with Crippen molar-refractivity contribution in [2.45, 2.75) is 31.3 Å². The minimum Gasteiger partial charge on any atom is -0.339 e. The highest BCUT2D eigenvalue weighted by Crippen LogP contribution is 2.22. The molecule has 0 aromatic carbocycles. The van der Waals surface area contributed by atoms with E-state index in [1.165, 1.54) is 23.9 Å². The van der Waals surface area contributed by atoms with E-state index < -0.39 is 10.0 Å². The van der Waals surface area contributed by atoms with Gasteiger partial charge < -0.3 is 9.88 Å². The molecular formula is C12H19N5O2S2. The van der Waals surface area contributed by atoms with E-state index in [2.05, 4.69) is 26.9 Å². The Kier molecular flexibility index (Phi) is 4.96. The number of hydrogen-bond acceptors (Lipinski definition) is 6. The number of aromatic nitrogens is 3. The Hall–Kier alpha value is -1.45. The van der Waals surface area contributed by atoms with Crippen molar-refractivity contribution >= 4 is 26.5 Å². The summed E-state index contributed by atoms with van der Waals surface area (Å²) in [5.74, 6) is 0. The minimum atomic E-state index is -3.68. The van der Waals surface area contributed by atoms with Crippen LogP contribution in [0.4, 0.5) is 5.13 Å². The molecule has 9 heteroatoms. The van der Waals surface area contributed by atoms with Crippen LogP contribution in [0.3, 0.4) is 0 Å². The first kappa shape index (κ1) is 15.9. The quantitative estimate of drug-likeness (QED) is 0.807. The van der Waals surface area contributed by atoms with Gasteiger partial charge in [0.25, 0.3) is 10.0 Å². The van der Waals surface area contributed by atoms with Crippen LogP contribution in [0, 0.1) is 0 Å². The first-order valence-corrected chi connectivity index (χ1v) is 8.98. The van der Waals surface area contributed by atoms with Gasteiger partial charge in [-0.1, -0.05) is 6.92 Å². The lowest BCUT2D eigenvalue weighted by molar-refractivity contribution is 0.561. The van der Waals surface area contributed by atoms with Gasteiger partial charge in [0.05, 0.1) is 12.0 Å². The summed E-state index contributed by atoms with van der Waals surface area (Å²) >= 11 is 1.26. The molecular weight excluding hydrogens is 310 g/mol. The highest BCUT2D eigenvalue weighted by atomic mass is 32.2. The lowest BCUT2D eigenvalue weighted by Crippen LogP contribution is -2.19. The van der Waals surface area contributed by atoms with Gasteiger partial charge in [-0.2, -0.15) is 8.42 Å². The van der Waals surface area contributed by atoms with E-state index in [-0.39, 0.29) is 11.1 Å². The van der Waals surface area contributed by atoms with E-state index in [1.54, 1.807) is 11.6 Å². The first-order chi connectivity index (χ1) is 9.92. The van der Waals surface area contributed by atoms with Gasteiger partial charge in [-0.05, 0) is 19.9 Å². The molecule has 0 saturated heterocycles. The SMILES string of the molecule is CCCNC(C)c1csc(NS(=O)(=O)c2cn(C)cn2)n1. The Morgan fingerprint density at radius 3 is 2.86 bits per heavy atom. The van der Waals surface area contributed by atoms with Gasteiger partial charge >= 0.3 is 0 Å². The number of anilines is 1. The van der Waals surface area contributed by atoms with Crippen molar-refractivity contribution < 1.29 is 8.42 Å². The van der Waals surface area contributed by atoms with E-state index in [4.69, 9.17) is 0 Å². The van der Waals surface area contributed by atoms with Crippen LogP contribution in [0.15, 0.2) is 22.9 Å². The molecule has 1 atom stereocenters. The summed E-state index contributed by atoms with van der Waals surface area (Å²) in [6.45, 7) is 4.99. The van der Waals surface area contributed by atoms with Crippen molar-refractivity contribution in [1.82, 2.24) is 19.9 Å². The average molecular weight is 329 g/mol. The van der Waals surface area contributed by atoms with Crippen LogP contribution in [0.25, 0.3) is 0 Å². The van der Waals surface area contributed by atoms with Gasteiger partial charge in [0.15, 0.2) is 10.2 Å². The molecule has 2 aromatic rings. The second kappa shape index (κ2) is 6.54. The summed E-state index contributed by atoms with van der Waals surface area (Å²) in [4.78, 5) is 8.15. The molecule has 0 spiro atoms. The monoisotopic (exact) mass is 329 g/mol. The van der Waals surface area contributed by atoms with Crippen molar-refractivity contribution in [3.8, 4) is 0 Å². The molecule has 2 aromatic heterocycles. The number of hydrogen-bond donors (Lipinski definition) is 2. The molecule has 0 radical (unpaired) electrons. The summed E-state index contributed by atoms with van der Waals surface area (Å²) in [7, 11) is -1.96. The van der Waals surface area contributed by atoms with Crippen LogP contribution in [-0.4, -0.2) is 29.5 Å². The minimum absolute atomic E-state index is 0.0149. The topological polar surface area (TPSA) is 88.9 Å². The molecule has 0 aliphatic heterocycles. The number of thiazole rings is 1. The largest absolute Gasteiger partial charge is 0.339 e. The Morgan fingerprint density at radius 1 is 1.48 bits per heavy atom. The second-order valence-electron chi connectivity index (χ2n) is 4.74. The molecule has 1 unspecified atom stereocenters.